The molecular weight excluding hydrogens is 356 g/mol. The van der Waals surface area contributed by atoms with E-state index < -0.39 is 11.9 Å². The Kier molecular flexibility index (Phi) is 7.17. The Morgan fingerprint density at radius 1 is 1.15 bits per heavy atom. The van der Waals surface area contributed by atoms with Gasteiger partial charge in [0, 0.05) is 11.4 Å². The van der Waals surface area contributed by atoms with Gasteiger partial charge >= 0.3 is 5.97 Å². The molecule has 0 radical (unpaired) electrons. The second-order valence-electron chi connectivity index (χ2n) is 5.55. The number of hydrogen-bond acceptors (Lipinski definition) is 4. The van der Waals surface area contributed by atoms with E-state index in [1.54, 1.807) is 30.3 Å². The molecule has 0 bridgehead atoms. The number of carbonyl (C=O) groups is 2. The summed E-state index contributed by atoms with van der Waals surface area (Å²) in [5, 5.41) is 13.5. The van der Waals surface area contributed by atoms with Crippen molar-refractivity contribution in [1.82, 2.24) is 5.43 Å². The summed E-state index contributed by atoms with van der Waals surface area (Å²) >= 11 is 5.88. The number of ether oxygens (including phenoxy) is 1. The fraction of sp³-hybridized carbons (Fsp3) is 0.211. The molecule has 0 spiro atoms. The van der Waals surface area contributed by atoms with Crippen molar-refractivity contribution in [3.63, 3.8) is 0 Å². The van der Waals surface area contributed by atoms with E-state index in [2.05, 4.69) is 10.5 Å². The van der Waals surface area contributed by atoms with Gasteiger partial charge in [0.1, 0.15) is 5.75 Å². The average Bonchev–Trinajstić information content (AvgIpc) is 2.61. The molecule has 7 heteroatoms. The Balaban J connectivity index is 1.98. The van der Waals surface area contributed by atoms with Gasteiger partial charge in [0.2, 0.25) is 0 Å². The zero-order valence-electron chi connectivity index (χ0n) is 14.2. The van der Waals surface area contributed by atoms with E-state index in [9.17, 15) is 9.59 Å². The van der Waals surface area contributed by atoms with Crippen LogP contribution in [0.15, 0.2) is 53.6 Å². The SMILES string of the molecule is Cc1cc(Cl)ccc1OCC(=O)N/N=C(\CCC(=O)O)c1ccccc1. The van der Waals surface area contributed by atoms with Crippen LogP contribution in [0.3, 0.4) is 0 Å². The Morgan fingerprint density at radius 3 is 2.54 bits per heavy atom. The largest absolute Gasteiger partial charge is 0.483 e. The number of benzene rings is 2. The van der Waals surface area contributed by atoms with Crippen molar-refractivity contribution in [2.45, 2.75) is 19.8 Å². The lowest BCUT2D eigenvalue weighted by molar-refractivity contribution is -0.136. The van der Waals surface area contributed by atoms with Crippen LogP contribution in [0.4, 0.5) is 0 Å². The van der Waals surface area contributed by atoms with Crippen molar-refractivity contribution in [2.24, 2.45) is 5.10 Å². The van der Waals surface area contributed by atoms with Crippen LogP contribution >= 0.6 is 11.6 Å². The lowest BCUT2D eigenvalue weighted by Crippen LogP contribution is -2.26. The number of hydrogen-bond donors (Lipinski definition) is 2. The van der Waals surface area contributed by atoms with Crippen LogP contribution in [0, 0.1) is 6.92 Å². The van der Waals surface area contributed by atoms with E-state index in [0.717, 1.165) is 11.1 Å². The molecule has 2 N–H and O–H groups in total. The van der Waals surface area contributed by atoms with Crippen LogP contribution < -0.4 is 10.2 Å². The quantitative estimate of drug-likeness (QED) is 0.547. The molecule has 0 unspecified atom stereocenters. The molecule has 0 atom stereocenters. The number of aliphatic carboxylic acids is 1. The first-order valence-electron chi connectivity index (χ1n) is 7.97. The van der Waals surface area contributed by atoms with Crippen molar-refractivity contribution in [2.75, 3.05) is 6.61 Å². The topological polar surface area (TPSA) is 88.0 Å². The summed E-state index contributed by atoms with van der Waals surface area (Å²) in [7, 11) is 0. The van der Waals surface area contributed by atoms with E-state index in [4.69, 9.17) is 21.4 Å². The van der Waals surface area contributed by atoms with Gasteiger partial charge in [0.15, 0.2) is 6.61 Å². The third-order valence-electron chi connectivity index (χ3n) is 3.49. The molecule has 0 saturated heterocycles. The van der Waals surface area contributed by atoms with Gasteiger partial charge in [-0.2, -0.15) is 5.10 Å². The molecule has 0 aliphatic heterocycles. The zero-order chi connectivity index (χ0) is 18.9. The first-order chi connectivity index (χ1) is 12.5. The summed E-state index contributed by atoms with van der Waals surface area (Å²) in [6, 6.07) is 14.2. The van der Waals surface area contributed by atoms with Crippen LogP contribution in [-0.4, -0.2) is 29.3 Å². The number of rotatable bonds is 8. The van der Waals surface area contributed by atoms with Gasteiger partial charge in [-0.1, -0.05) is 41.9 Å². The summed E-state index contributed by atoms with van der Waals surface area (Å²) in [5.41, 5.74) is 4.47. The van der Waals surface area contributed by atoms with Crippen molar-refractivity contribution >= 4 is 29.2 Å². The number of halogens is 1. The highest BCUT2D eigenvalue weighted by Gasteiger charge is 2.09. The predicted octanol–water partition coefficient (Wildman–Crippen LogP) is 3.41. The highest BCUT2D eigenvalue weighted by atomic mass is 35.5. The number of amides is 1. The average molecular weight is 375 g/mol. The van der Waals surface area contributed by atoms with Crippen molar-refractivity contribution in [3.8, 4) is 5.75 Å². The standard InChI is InChI=1S/C19H19ClN2O4/c1-13-11-15(20)7-9-17(13)26-12-18(23)22-21-16(8-10-19(24)25)14-5-3-2-4-6-14/h2-7,9,11H,8,10,12H2,1H3,(H,22,23)(H,24,25)/b21-16+. The van der Waals surface area contributed by atoms with Crippen molar-refractivity contribution in [1.29, 1.82) is 0 Å². The number of hydrazone groups is 1. The molecule has 0 fully saturated rings. The maximum Gasteiger partial charge on any atom is 0.303 e. The number of nitrogens with zero attached hydrogens (tertiary/aromatic N) is 1. The van der Waals surface area contributed by atoms with Gasteiger partial charge in [0.25, 0.3) is 5.91 Å². The highest BCUT2D eigenvalue weighted by Crippen LogP contribution is 2.21. The molecule has 0 aliphatic carbocycles. The fourth-order valence-electron chi connectivity index (χ4n) is 2.20. The molecule has 136 valence electrons. The minimum atomic E-state index is -0.929. The Bertz CT molecular complexity index is 806. The van der Waals surface area contributed by atoms with Crippen LogP contribution in [0.2, 0.25) is 5.02 Å². The number of aryl methyl sites for hydroxylation is 1. The maximum atomic E-state index is 12.0. The minimum Gasteiger partial charge on any atom is -0.483 e. The molecule has 0 saturated carbocycles. The number of carboxylic acids is 1. The van der Waals surface area contributed by atoms with Gasteiger partial charge in [-0.15, -0.1) is 0 Å². The molecule has 6 nitrogen and oxygen atoms in total. The van der Waals surface area contributed by atoms with E-state index in [0.29, 0.717) is 16.5 Å². The molecular formula is C19H19ClN2O4. The summed E-state index contributed by atoms with van der Waals surface area (Å²) < 4.78 is 5.46. The lowest BCUT2D eigenvalue weighted by atomic mass is 10.1. The predicted molar refractivity (Wildman–Crippen MR) is 99.7 cm³/mol. The number of carbonyl (C=O) groups excluding carboxylic acids is 1. The van der Waals surface area contributed by atoms with Gasteiger partial charge < -0.3 is 9.84 Å². The summed E-state index contributed by atoms with van der Waals surface area (Å²) in [5.74, 6) is -0.813. The Labute approximate surface area is 156 Å². The molecule has 1 amide bonds. The number of nitrogens with one attached hydrogen (secondary N) is 1. The second-order valence-corrected chi connectivity index (χ2v) is 5.99. The first-order valence-corrected chi connectivity index (χ1v) is 8.35. The van der Waals surface area contributed by atoms with Crippen LogP contribution in [0.25, 0.3) is 0 Å². The smallest absolute Gasteiger partial charge is 0.303 e. The second kappa shape index (κ2) is 9.58. The first kappa shape index (κ1) is 19.5. The van der Waals surface area contributed by atoms with Gasteiger partial charge in [0.05, 0.1) is 12.1 Å². The Morgan fingerprint density at radius 2 is 1.88 bits per heavy atom. The summed E-state index contributed by atoms with van der Waals surface area (Å²) in [6.45, 7) is 1.61. The third kappa shape index (κ3) is 6.22. The third-order valence-corrected chi connectivity index (χ3v) is 3.73. The molecule has 0 aromatic heterocycles. The molecule has 0 aliphatic rings. The van der Waals surface area contributed by atoms with E-state index >= 15 is 0 Å². The highest BCUT2D eigenvalue weighted by molar-refractivity contribution is 6.30. The van der Waals surface area contributed by atoms with Gasteiger partial charge in [-0.3, -0.25) is 9.59 Å². The normalized spacial score (nSPS) is 11.1. The lowest BCUT2D eigenvalue weighted by Gasteiger charge is -2.09. The van der Waals surface area contributed by atoms with E-state index in [1.807, 2.05) is 25.1 Å². The van der Waals surface area contributed by atoms with Gasteiger partial charge in [-0.05, 0) is 36.2 Å². The van der Waals surface area contributed by atoms with Crippen molar-refractivity contribution in [3.05, 3.63) is 64.7 Å². The van der Waals surface area contributed by atoms with Crippen LogP contribution in [0.1, 0.15) is 24.0 Å². The van der Waals surface area contributed by atoms with Crippen molar-refractivity contribution < 1.29 is 19.4 Å². The summed E-state index contributed by atoms with van der Waals surface area (Å²) in [6.07, 6.45) is 0.126. The number of carboxylic acid groups (broad SMARTS) is 1. The molecule has 26 heavy (non-hydrogen) atoms. The maximum absolute atomic E-state index is 12.0. The van der Waals surface area contributed by atoms with Gasteiger partial charge in [-0.25, -0.2) is 5.43 Å². The fourth-order valence-corrected chi connectivity index (χ4v) is 2.43. The monoisotopic (exact) mass is 374 g/mol. The molecule has 2 aromatic carbocycles. The van der Waals surface area contributed by atoms with E-state index in [-0.39, 0.29) is 19.4 Å². The molecule has 0 heterocycles. The summed E-state index contributed by atoms with van der Waals surface area (Å²) in [4.78, 5) is 22.8. The molecule has 2 rings (SSSR count). The van der Waals surface area contributed by atoms with Crippen LogP contribution in [0.5, 0.6) is 5.75 Å². The zero-order valence-corrected chi connectivity index (χ0v) is 15.0. The minimum absolute atomic E-state index is 0.0793. The molecule has 2 aromatic rings. The Hall–Kier alpha value is -2.86. The van der Waals surface area contributed by atoms with Crippen LogP contribution in [-0.2, 0) is 9.59 Å². The van der Waals surface area contributed by atoms with E-state index in [1.165, 1.54) is 0 Å².